The highest BCUT2D eigenvalue weighted by Gasteiger charge is 2.15. The molecule has 6 heteroatoms. The molecule has 0 aromatic carbocycles. The number of unbranched alkanes of at least 4 members (excludes halogenated alkanes) is 1. The summed E-state index contributed by atoms with van der Waals surface area (Å²) in [4.78, 5) is 15.1. The van der Waals surface area contributed by atoms with Gasteiger partial charge >= 0.3 is 0 Å². The highest BCUT2D eigenvalue weighted by molar-refractivity contribution is 7.16. The Hall–Kier alpha value is -3.17. The molecule has 0 saturated carbocycles. The van der Waals surface area contributed by atoms with Crippen LogP contribution in [0.5, 0.6) is 0 Å². The van der Waals surface area contributed by atoms with Gasteiger partial charge in [0, 0.05) is 36.9 Å². The Kier molecular flexibility index (Phi) is 5.13. The molecule has 0 atom stereocenters. The molecule has 0 radical (unpaired) electrons. The molecule has 1 N–H and O–H groups in total. The van der Waals surface area contributed by atoms with Crippen LogP contribution in [0.4, 0.5) is 5.82 Å². The van der Waals surface area contributed by atoms with E-state index in [0.29, 0.717) is 0 Å². The Morgan fingerprint density at radius 2 is 1.96 bits per heavy atom. The van der Waals surface area contributed by atoms with E-state index in [2.05, 4.69) is 44.5 Å². The van der Waals surface area contributed by atoms with E-state index in [1.54, 1.807) is 36.1 Å². The quantitative estimate of drug-likeness (QED) is 0.414. The number of thiophene rings is 1. The number of nitrogens with zero attached hydrogens (tertiary/aromatic N) is 4. The van der Waals surface area contributed by atoms with Gasteiger partial charge in [-0.2, -0.15) is 0 Å². The second kappa shape index (κ2) is 8.02. The first-order valence-electron chi connectivity index (χ1n) is 8.93. The minimum Gasteiger partial charge on any atom is -0.369 e. The molecule has 0 amide bonds. The van der Waals surface area contributed by atoms with Gasteiger partial charge in [-0.1, -0.05) is 25.2 Å². The molecular formula is C21H19N5S. The van der Waals surface area contributed by atoms with Crippen LogP contribution in [0.3, 0.4) is 0 Å². The minimum atomic E-state index is 0.837. The third-order valence-corrected chi connectivity index (χ3v) is 5.11. The van der Waals surface area contributed by atoms with Gasteiger partial charge in [0.05, 0.1) is 16.0 Å². The fourth-order valence-electron chi connectivity index (χ4n) is 2.73. The lowest BCUT2D eigenvalue weighted by atomic mass is 10.2. The van der Waals surface area contributed by atoms with Crippen molar-refractivity contribution >= 4 is 22.8 Å². The third kappa shape index (κ3) is 3.83. The first-order valence-corrected chi connectivity index (χ1v) is 9.75. The fraction of sp³-hybridized carbons (Fsp3) is 0.190. The molecule has 0 fully saturated rings. The van der Waals surface area contributed by atoms with Gasteiger partial charge in [-0.25, -0.2) is 4.98 Å². The van der Waals surface area contributed by atoms with Crippen molar-refractivity contribution in [1.29, 1.82) is 0 Å². The standard InChI is InChI=1S/C21H19N5S/c1-2-3-10-24-21-20(25-19-15-23-13-14-26(19)21)18-7-6-17(27-18)5-4-16-8-11-22-12-9-16/h6-9,11-15,24H,2-3,10H2,1H3. The van der Waals surface area contributed by atoms with E-state index in [9.17, 15) is 0 Å². The summed E-state index contributed by atoms with van der Waals surface area (Å²) in [6, 6.07) is 7.95. The van der Waals surface area contributed by atoms with E-state index in [0.717, 1.165) is 51.9 Å². The molecule has 0 aliphatic heterocycles. The molecule has 4 aromatic heterocycles. The number of nitrogens with one attached hydrogen (secondary N) is 1. The van der Waals surface area contributed by atoms with Crippen molar-refractivity contribution in [2.45, 2.75) is 19.8 Å². The SMILES string of the molecule is CCCCNc1c(-c2ccc(C#Cc3ccncc3)s2)nc2cnccn12. The van der Waals surface area contributed by atoms with Gasteiger partial charge in [0.15, 0.2) is 5.65 Å². The third-order valence-electron chi connectivity index (χ3n) is 4.10. The molecule has 4 rings (SSSR count). The van der Waals surface area contributed by atoms with Crippen LogP contribution in [0.2, 0.25) is 0 Å². The van der Waals surface area contributed by atoms with Crippen LogP contribution in [0.15, 0.2) is 55.2 Å². The lowest BCUT2D eigenvalue weighted by Crippen LogP contribution is -2.04. The summed E-state index contributed by atoms with van der Waals surface area (Å²) in [5.74, 6) is 7.42. The largest absolute Gasteiger partial charge is 0.369 e. The van der Waals surface area contributed by atoms with Crippen LogP contribution in [0, 0.1) is 11.8 Å². The summed E-state index contributed by atoms with van der Waals surface area (Å²) >= 11 is 1.65. The van der Waals surface area contributed by atoms with Gasteiger partial charge < -0.3 is 5.32 Å². The number of hydrogen-bond acceptors (Lipinski definition) is 5. The molecule has 0 bridgehead atoms. The number of imidazole rings is 1. The topological polar surface area (TPSA) is 55.1 Å². The van der Waals surface area contributed by atoms with Gasteiger partial charge in [-0.05, 0) is 30.7 Å². The van der Waals surface area contributed by atoms with Crippen LogP contribution < -0.4 is 5.32 Å². The van der Waals surface area contributed by atoms with Crippen LogP contribution in [0.1, 0.15) is 30.2 Å². The van der Waals surface area contributed by atoms with Crippen molar-refractivity contribution in [2.24, 2.45) is 0 Å². The highest BCUT2D eigenvalue weighted by Crippen LogP contribution is 2.33. The number of fused-ring (bicyclic) bond motifs is 1. The maximum Gasteiger partial charge on any atom is 0.157 e. The average Bonchev–Trinajstić information content (AvgIpc) is 3.32. The fourth-order valence-corrected chi connectivity index (χ4v) is 3.58. The van der Waals surface area contributed by atoms with E-state index >= 15 is 0 Å². The van der Waals surface area contributed by atoms with E-state index in [-0.39, 0.29) is 0 Å². The Bertz CT molecular complexity index is 1100. The molecule has 4 heterocycles. The highest BCUT2D eigenvalue weighted by atomic mass is 32.1. The van der Waals surface area contributed by atoms with Crippen LogP contribution in [-0.2, 0) is 0 Å². The molecule has 0 aliphatic carbocycles. The summed E-state index contributed by atoms with van der Waals surface area (Å²) < 4.78 is 2.06. The zero-order valence-corrected chi connectivity index (χ0v) is 15.8. The summed E-state index contributed by atoms with van der Waals surface area (Å²) in [6.45, 7) is 3.10. The molecule has 4 aromatic rings. The van der Waals surface area contributed by atoms with E-state index < -0.39 is 0 Å². The van der Waals surface area contributed by atoms with Gasteiger partial charge in [-0.3, -0.25) is 14.4 Å². The minimum absolute atomic E-state index is 0.837. The molecule has 0 saturated heterocycles. The van der Waals surface area contributed by atoms with Crippen molar-refractivity contribution in [3.05, 3.63) is 65.7 Å². The maximum atomic E-state index is 4.79. The van der Waals surface area contributed by atoms with Gasteiger partial charge in [0.2, 0.25) is 0 Å². The van der Waals surface area contributed by atoms with E-state index in [1.807, 2.05) is 24.4 Å². The van der Waals surface area contributed by atoms with Crippen molar-refractivity contribution < 1.29 is 0 Å². The molecule has 134 valence electrons. The van der Waals surface area contributed by atoms with Crippen molar-refractivity contribution in [3.63, 3.8) is 0 Å². The van der Waals surface area contributed by atoms with Crippen LogP contribution in [-0.4, -0.2) is 25.9 Å². The van der Waals surface area contributed by atoms with Crippen LogP contribution >= 0.6 is 11.3 Å². The normalized spacial score (nSPS) is 10.6. The number of rotatable bonds is 5. The lowest BCUT2D eigenvalue weighted by molar-refractivity contribution is 0.830. The zero-order valence-electron chi connectivity index (χ0n) is 15.0. The second-order valence-corrected chi connectivity index (χ2v) is 7.13. The molecule has 0 aliphatic rings. The molecule has 0 spiro atoms. The van der Waals surface area contributed by atoms with Crippen molar-refractivity contribution in [1.82, 2.24) is 19.4 Å². The van der Waals surface area contributed by atoms with Gasteiger partial charge in [0.25, 0.3) is 0 Å². The Labute approximate surface area is 162 Å². The van der Waals surface area contributed by atoms with Crippen molar-refractivity contribution in [3.8, 4) is 22.4 Å². The van der Waals surface area contributed by atoms with Gasteiger partial charge in [0.1, 0.15) is 11.5 Å². The predicted molar refractivity (Wildman–Crippen MR) is 110 cm³/mol. The summed E-state index contributed by atoms with van der Waals surface area (Å²) in [5, 5.41) is 3.54. The maximum absolute atomic E-state index is 4.79. The molecular weight excluding hydrogens is 354 g/mol. The zero-order chi connectivity index (χ0) is 18.5. The smallest absolute Gasteiger partial charge is 0.157 e. The van der Waals surface area contributed by atoms with Gasteiger partial charge in [-0.15, -0.1) is 11.3 Å². The summed E-state index contributed by atoms with van der Waals surface area (Å²) in [7, 11) is 0. The Morgan fingerprint density at radius 3 is 2.81 bits per heavy atom. The summed E-state index contributed by atoms with van der Waals surface area (Å²) in [5.41, 5.74) is 2.74. The average molecular weight is 373 g/mol. The predicted octanol–water partition coefficient (Wildman–Crippen LogP) is 4.46. The number of anilines is 1. The Morgan fingerprint density at radius 1 is 1.07 bits per heavy atom. The van der Waals surface area contributed by atoms with E-state index in [4.69, 9.17) is 4.98 Å². The monoisotopic (exact) mass is 373 g/mol. The number of pyridine rings is 1. The first-order chi connectivity index (χ1) is 13.3. The number of hydrogen-bond donors (Lipinski definition) is 1. The number of aromatic nitrogens is 4. The lowest BCUT2D eigenvalue weighted by Gasteiger charge is -2.06. The molecule has 5 nitrogen and oxygen atoms in total. The molecule has 0 unspecified atom stereocenters. The second-order valence-electron chi connectivity index (χ2n) is 6.04. The van der Waals surface area contributed by atoms with Crippen molar-refractivity contribution in [2.75, 3.05) is 11.9 Å². The van der Waals surface area contributed by atoms with Crippen LogP contribution in [0.25, 0.3) is 16.2 Å². The summed E-state index contributed by atoms with van der Waals surface area (Å²) in [6.07, 6.45) is 11.3. The first kappa shape index (κ1) is 17.3. The molecule has 27 heavy (non-hydrogen) atoms. The van der Waals surface area contributed by atoms with E-state index in [1.165, 1.54) is 0 Å². The Balaban J connectivity index is 1.67.